The summed E-state index contributed by atoms with van der Waals surface area (Å²) in [6.45, 7) is 0. The van der Waals surface area contributed by atoms with Crippen LogP contribution in [0.4, 0.5) is 13.2 Å². The maximum absolute atomic E-state index is 11.9. The van der Waals surface area contributed by atoms with Crippen LogP contribution in [-0.4, -0.2) is 23.7 Å². The minimum atomic E-state index is -5.09. The molecule has 0 aromatic heterocycles. The van der Waals surface area contributed by atoms with Crippen LogP contribution in [0.3, 0.4) is 0 Å². The molecule has 1 aliphatic rings. The number of halogens is 3. The number of ether oxygens (including phenoxy) is 1. The zero-order valence-electron chi connectivity index (χ0n) is 7.76. The number of nitrogens with two attached hydrogens (primary N) is 1. The summed E-state index contributed by atoms with van der Waals surface area (Å²) in [5, 5.41) is 0. The highest BCUT2D eigenvalue weighted by molar-refractivity contribution is 5.87. The van der Waals surface area contributed by atoms with Gasteiger partial charge in [0, 0.05) is 0 Å². The number of rotatable bonds is 2. The maximum Gasteiger partial charge on any atom is 0.490 e. The Labute approximate surface area is 83.6 Å². The SMILES string of the molecule is NC(=O)C1(OC(=O)C(F)(F)F)CCCC1. The van der Waals surface area contributed by atoms with Crippen molar-refractivity contribution in [2.24, 2.45) is 5.73 Å². The minimum absolute atomic E-state index is 0.0597. The van der Waals surface area contributed by atoms with Crippen molar-refractivity contribution in [2.45, 2.75) is 37.5 Å². The van der Waals surface area contributed by atoms with Gasteiger partial charge in [-0.3, -0.25) is 4.79 Å². The molecule has 0 aromatic rings. The molecule has 0 atom stereocenters. The molecular formula is C8H10F3NO3. The molecule has 0 aliphatic heterocycles. The van der Waals surface area contributed by atoms with Crippen LogP contribution in [0.2, 0.25) is 0 Å². The first-order valence-corrected chi connectivity index (χ1v) is 4.38. The standard InChI is InChI=1S/C8H10F3NO3/c9-8(10,11)6(14)15-7(5(12)13)3-1-2-4-7/h1-4H2,(H2,12,13). The van der Waals surface area contributed by atoms with Crippen LogP contribution in [0.15, 0.2) is 0 Å². The Balaban J connectivity index is 2.77. The largest absolute Gasteiger partial charge is 0.490 e. The van der Waals surface area contributed by atoms with Crippen LogP contribution in [0.1, 0.15) is 25.7 Å². The molecule has 4 nitrogen and oxygen atoms in total. The first-order valence-electron chi connectivity index (χ1n) is 4.38. The Bertz CT molecular complexity index is 281. The molecule has 15 heavy (non-hydrogen) atoms. The molecule has 0 aromatic carbocycles. The van der Waals surface area contributed by atoms with Crippen molar-refractivity contribution in [2.75, 3.05) is 0 Å². The van der Waals surface area contributed by atoms with Crippen LogP contribution in [0, 0.1) is 0 Å². The minimum Gasteiger partial charge on any atom is -0.442 e. The normalized spacial score (nSPS) is 19.9. The van der Waals surface area contributed by atoms with Gasteiger partial charge in [-0.15, -0.1) is 0 Å². The van der Waals surface area contributed by atoms with Gasteiger partial charge in [0.1, 0.15) is 0 Å². The van der Waals surface area contributed by atoms with E-state index in [9.17, 15) is 22.8 Å². The molecule has 1 fully saturated rings. The summed E-state index contributed by atoms with van der Waals surface area (Å²) in [5.41, 5.74) is 3.18. The third-order valence-electron chi connectivity index (χ3n) is 2.38. The van der Waals surface area contributed by atoms with E-state index in [1.807, 2.05) is 0 Å². The first kappa shape index (κ1) is 11.8. The van der Waals surface area contributed by atoms with E-state index in [2.05, 4.69) is 4.74 Å². The summed E-state index contributed by atoms with van der Waals surface area (Å²) >= 11 is 0. The van der Waals surface area contributed by atoms with E-state index in [0.29, 0.717) is 12.8 Å². The number of carbonyl (C=O) groups is 2. The fourth-order valence-electron chi connectivity index (χ4n) is 1.58. The van der Waals surface area contributed by atoms with Crippen molar-refractivity contribution in [1.82, 2.24) is 0 Å². The summed E-state index contributed by atoms with van der Waals surface area (Å²) in [7, 11) is 0. The number of primary amides is 1. The molecule has 1 amide bonds. The maximum atomic E-state index is 11.9. The fourth-order valence-corrected chi connectivity index (χ4v) is 1.58. The molecule has 1 rings (SSSR count). The summed E-state index contributed by atoms with van der Waals surface area (Å²) in [4.78, 5) is 21.5. The molecule has 2 N–H and O–H groups in total. The van der Waals surface area contributed by atoms with Crippen LogP contribution < -0.4 is 5.73 Å². The predicted molar refractivity (Wildman–Crippen MR) is 42.5 cm³/mol. The van der Waals surface area contributed by atoms with E-state index < -0.39 is 23.7 Å². The molecular weight excluding hydrogens is 215 g/mol. The lowest BCUT2D eigenvalue weighted by Crippen LogP contribution is -2.47. The number of amides is 1. The van der Waals surface area contributed by atoms with Crippen molar-refractivity contribution in [3.8, 4) is 0 Å². The quantitative estimate of drug-likeness (QED) is 0.709. The number of hydrogen-bond acceptors (Lipinski definition) is 3. The lowest BCUT2D eigenvalue weighted by Gasteiger charge is -2.25. The van der Waals surface area contributed by atoms with Gasteiger partial charge in [0.2, 0.25) is 0 Å². The molecule has 0 saturated heterocycles. The molecule has 0 radical (unpaired) electrons. The monoisotopic (exact) mass is 225 g/mol. The number of carbonyl (C=O) groups excluding carboxylic acids is 2. The Morgan fingerprint density at radius 2 is 1.67 bits per heavy atom. The van der Waals surface area contributed by atoms with E-state index in [4.69, 9.17) is 5.73 Å². The Kier molecular flexibility index (Phi) is 2.92. The molecule has 1 aliphatic carbocycles. The van der Waals surface area contributed by atoms with Gasteiger partial charge in [0.25, 0.3) is 5.91 Å². The Hall–Kier alpha value is -1.27. The number of esters is 1. The van der Waals surface area contributed by atoms with Gasteiger partial charge in [-0.05, 0) is 25.7 Å². The molecule has 0 heterocycles. The number of hydrogen-bond donors (Lipinski definition) is 1. The van der Waals surface area contributed by atoms with Gasteiger partial charge in [-0.25, -0.2) is 4.79 Å². The van der Waals surface area contributed by atoms with Gasteiger partial charge >= 0.3 is 12.1 Å². The second kappa shape index (κ2) is 3.71. The van der Waals surface area contributed by atoms with E-state index in [-0.39, 0.29) is 12.8 Å². The zero-order valence-corrected chi connectivity index (χ0v) is 7.76. The Morgan fingerprint density at radius 3 is 2.00 bits per heavy atom. The van der Waals surface area contributed by atoms with E-state index >= 15 is 0 Å². The van der Waals surface area contributed by atoms with Crippen molar-refractivity contribution >= 4 is 11.9 Å². The highest BCUT2D eigenvalue weighted by Crippen LogP contribution is 2.34. The Morgan fingerprint density at radius 1 is 1.20 bits per heavy atom. The highest BCUT2D eigenvalue weighted by atomic mass is 19.4. The van der Waals surface area contributed by atoms with Crippen molar-refractivity contribution in [1.29, 1.82) is 0 Å². The zero-order chi connectivity index (χ0) is 11.7. The second-order valence-electron chi connectivity index (χ2n) is 3.45. The van der Waals surface area contributed by atoms with Gasteiger partial charge < -0.3 is 10.5 Å². The summed E-state index contributed by atoms with van der Waals surface area (Å²) < 4.78 is 39.9. The fraction of sp³-hybridized carbons (Fsp3) is 0.750. The van der Waals surface area contributed by atoms with Gasteiger partial charge in [0.05, 0.1) is 0 Å². The van der Waals surface area contributed by atoms with Gasteiger partial charge in [0.15, 0.2) is 5.60 Å². The summed E-state index contributed by atoms with van der Waals surface area (Å²) in [6.07, 6.45) is -3.93. The van der Waals surface area contributed by atoms with E-state index in [0.717, 1.165) is 0 Å². The van der Waals surface area contributed by atoms with Crippen LogP contribution in [0.25, 0.3) is 0 Å². The molecule has 1 saturated carbocycles. The number of alkyl halides is 3. The lowest BCUT2D eigenvalue weighted by molar-refractivity contribution is -0.213. The first-order chi connectivity index (χ1) is 6.78. The van der Waals surface area contributed by atoms with Crippen LogP contribution >= 0.6 is 0 Å². The van der Waals surface area contributed by atoms with E-state index in [1.165, 1.54) is 0 Å². The predicted octanol–water partition coefficient (Wildman–Crippen LogP) is 0.890. The third kappa shape index (κ3) is 2.40. The lowest BCUT2D eigenvalue weighted by atomic mass is 10.0. The topological polar surface area (TPSA) is 69.4 Å². The molecule has 86 valence electrons. The van der Waals surface area contributed by atoms with Crippen molar-refractivity contribution < 1.29 is 27.5 Å². The van der Waals surface area contributed by atoms with E-state index in [1.54, 1.807) is 0 Å². The summed E-state index contributed by atoms with van der Waals surface area (Å²) in [6, 6.07) is 0. The van der Waals surface area contributed by atoms with Crippen LogP contribution in [0.5, 0.6) is 0 Å². The molecule has 0 spiro atoms. The molecule has 7 heteroatoms. The van der Waals surface area contributed by atoms with Gasteiger partial charge in [-0.2, -0.15) is 13.2 Å². The average molecular weight is 225 g/mol. The van der Waals surface area contributed by atoms with Crippen molar-refractivity contribution in [3.05, 3.63) is 0 Å². The average Bonchev–Trinajstić information content (AvgIpc) is 2.52. The second-order valence-corrected chi connectivity index (χ2v) is 3.45. The third-order valence-corrected chi connectivity index (χ3v) is 2.38. The van der Waals surface area contributed by atoms with Gasteiger partial charge in [-0.1, -0.05) is 0 Å². The van der Waals surface area contributed by atoms with Crippen molar-refractivity contribution in [3.63, 3.8) is 0 Å². The summed E-state index contributed by atoms with van der Waals surface area (Å²) in [5.74, 6) is -3.37. The highest BCUT2D eigenvalue weighted by Gasteiger charge is 2.50. The molecule has 0 bridgehead atoms. The smallest absolute Gasteiger partial charge is 0.442 e. The van der Waals surface area contributed by atoms with Crippen LogP contribution in [-0.2, 0) is 14.3 Å². The molecule has 0 unspecified atom stereocenters.